The van der Waals surface area contributed by atoms with Crippen molar-refractivity contribution in [1.82, 2.24) is 20.1 Å². The van der Waals surface area contributed by atoms with Crippen molar-refractivity contribution in [2.45, 2.75) is 39.2 Å². The van der Waals surface area contributed by atoms with Crippen LogP contribution in [0.3, 0.4) is 0 Å². The lowest BCUT2D eigenvalue weighted by Crippen LogP contribution is -2.45. The monoisotopic (exact) mass is 333 g/mol. The molecule has 0 spiro atoms. The van der Waals surface area contributed by atoms with Crippen LogP contribution in [0, 0.1) is 5.92 Å². The highest BCUT2D eigenvalue weighted by molar-refractivity contribution is 7.17. The third-order valence-electron chi connectivity index (χ3n) is 4.29. The van der Waals surface area contributed by atoms with Crippen LogP contribution in [-0.2, 0) is 4.79 Å². The first-order chi connectivity index (χ1) is 11.2. The highest BCUT2D eigenvalue weighted by Crippen LogP contribution is 2.27. The fourth-order valence-electron chi connectivity index (χ4n) is 2.73. The number of carbonyl (C=O) groups is 1. The molecule has 3 heterocycles. The van der Waals surface area contributed by atoms with Crippen LogP contribution in [0.1, 0.15) is 33.1 Å². The number of nitrogens with zero attached hydrogens (tertiary/aromatic N) is 4. The molecule has 1 N–H and O–H groups in total. The van der Waals surface area contributed by atoms with E-state index in [4.69, 9.17) is 0 Å². The molecular formula is C16H23N5OS. The molecule has 7 heteroatoms. The van der Waals surface area contributed by atoms with Crippen molar-refractivity contribution >= 4 is 22.4 Å². The Morgan fingerprint density at radius 1 is 1.39 bits per heavy atom. The molecule has 0 aliphatic carbocycles. The molecule has 0 saturated carbocycles. The van der Waals surface area contributed by atoms with Crippen LogP contribution in [-0.4, -0.2) is 39.8 Å². The lowest BCUT2D eigenvalue weighted by molar-refractivity contribution is -0.125. The minimum absolute atomic E-state index is 0.0386. The molecule has 1 amide bonds. The standard InChI is InChI=1S/C16H23N5OS/c1-3-12(2)17-14(22)13-7-6-10-21(11-13)16-19-18-15(23-16)20-8-4-5-9-20/h4-5,8-9,12-13H,3,6-7,10-11H2,1-2H3,(H,17,22). The highest BCUT2D eigenvalue weighted by Gasteiger charge is 2.28. The van der Waals surface area contributed by atoms with E-state index in [1.54, 1.807) is 11.3 Å². The molecule has 2 atom stereocenters. The fourth-order valence-corrected chi connectivity index (χ4v) is 3.58. The summed E-state index contributed by atoms with van der Waals surface area (Å²) in [5.41, 5.74) is 0. The zero-order valence-corrected chi connectivity index (χ0v) is 14.4. The van der Waals surface area contributed by atoms with Crippen molar-refractivity contribution in [2.75, 3.05) is 18.0 Å². The van der Waals surface area contributed by atoms with Gasteiger partial charge in [0.2, 0.25) is 16.2 Å². The maximum atomic E-state index is 12.4. The first-order valence-corrected chi connectivity index (χ1v) is 9.01. The lowest BCUT2D eigenvalue weighted by Gasteiger charge is -2.32. The maximum absolute atomic E-state index is 12.4. The van der Waals surface area contributed by atoms with Gasteiger partial charge in [-0.1, -0.05) is 18.3 Å². The number of aromatic nitrogens is 3. The number of nitrogens with one attached hydrogen (secondary N) is 1. The molecule has 0 bridgehead atoms. The van der Waals surface area contributed by atoms with Gasteiger partial charge >= 0.3 is 0 Å². The minimum Gasteiger partial charge on any atom is -0.353 e. The summed E-state index contributed by atoms with van der Waals surface area (Å²) < 4.78 is 1.96. The molecule has 0 aromatic carbocycles. The number of amides is 1. The smallest absolute Gasteiger partial charge is 0.225 e. The first-order valence-electron chi connectivity index (χ1n) is 8.19. The zero-order chi connectivity index (χ0) is 16.2. The van der Waals surface area contributed by atoms with Gasteiger partial charge in [0.25, 0.3) is 0 Å². The quantitative estimate of drug-likeness (QED) is 0.913. The molecule has 1 aliphatic heterocycles. The van der Waals surface area contributed by atoms with Gasteiger partial charge in [-0.25, -0.2) is 0 Å². The van der Waals surface area contributed by atoms with E-state index in [0.29, 0.717) is 0 Å². The first kappa shape index (κ1) is 16.0. The van der Waals surface area contributed by atoms with Gasteiger partial charge in [0.1, 0.15) is 0 Å². The molecule has 1 aliphatic rings. The molecule has 0 radical (unpaired) electrons. The van der Waals surface area contributed by atoms with Gasteiger partial charge in [-0.05, 0) is 38.3 Å². The van der Waals surface area contributed by atoms with Gasteiger partial charge in [-0.2, -0.15) is 0 Å². The molecule has 1 fully saturated rings. The van der Waals surface area contributed by atoms with Crippen LogP contribution in [0.5, 0.6) is 0 Å². The Morgan fingerprint density at radius 3 is 2.87 bits per heavy atom. The summed E-state index contributed by atoms with van der Waals surface area (Å²) in [7, 11) is 0. The van der Waals surface area contributed by atoms with Crippen molar-refractivity contribution in [1.29, 1.82) is 0 Å². The molecule has 1 saturated heterocycles. The largest absolute Gasteiger partial charge is 0.353 e. The Labute approximate surface area is 140 Å². The zero-order valence-electron chi connectivity index (χ0n) is 13.6. The van der Waals surface area contributed by atoms with Gasteiger partial charge in [0.15, 0.2) is 0 Å². The number of anilines is 1. The number of carbonyl (C=O) groups excluding carboxylic acids is 1. The predicted molar refractivity (Wildman–Crippen MR) is 92.1 cm³/mol. The average molecular weight is 333 g/mol. The number of hydrogen-bond donors (Lipinski definition) is 1. The Balaban J connectivity index is 1.65. The second kappa shape index (κ2) is 7.12. The van der Waals surface area contributed by atoms with Crippen molar-refractivity contribution < 1.29 is 4.79 Å². The summed E-state index contributed by atoms with van der Waals surface area (Å²) in [6.07, 6.45) is 6.84. The molecule has 23 heavy (non-hydrogen) atoms. The summed E-state index contributed by atoms with van der Waals surface area (Å²) >= 11 is 1.56. The number of piperidine rings is 1. The fraction of sp³-hybridized carbons (Fsp3) is 0.562. The van der Waals surface area contributed by atoms with E-state index in [9.17, 15) is 4.79 Å². The SMILES string of the molecule is CCC(C)NC(=O)C1CCCN(c2nnc(-n3cccc3)s2)C1. The van der Waals surface area contributed by atoms with Crippen LogP contribution in [0.4, 0.5) is 5.13 Å². The van der Waals surface area contributed by atoms with E-state index >= 15 is 0 Å². The van der Waals surface area contributed by atoms with E-state index < -0.39 is 0 Å². The normalized spacial score (nSPS) is 19.6. The average Bonchev–Trinajstić information content (AvgIpc) is 3.25. The summed E-state index contributed by atoms with van der Waals surface area (Å²) in [5.74, 6) is 0.205. The Bertz CT molecular complexity index is 639. The van der Waals surface area contributed by atoms with Crippen LogP contribution in [0.25, 0.3) is 5.13 Å². The van der Waals surface area contributed by atoms with Gasteiger partial charge in [0, 0.05) is 31.5 Å². The van der Waals surface area contributed by atoms with Crippen molar-refractivity contribution in [2.24, 2.45) is 5.92 Å². The van der Waals surface area contributed by atoms with Crippen LogP contribution < -0.4 is 10.2 Å². The van der Waals surface area contributed by atoms with Gasteiger partial charge < -0.3 is 10.2 Å². The topological polar surface area (TPSA) is 63.1 Å². The van der Waals surface area contributed by atoms with Gasteiger partial charge in [-0.3, -0.25) is 9.36 Å². The van der Waals surface area contributed by atoms with Gasteiger partial charge in [0.05, 0.1) is 5.92 Å². The summed E-state index contributed by atoms with van der Waals surface area (Å²) in [4.78, 5) is 14.6. The van der Waals surface area contributed by atoms with Crippen molar-refractivity contribution in [3.63, 3.8) is 0 Å². The third-order valence-corrected chi connectivity index (χ3v) is 5.29. The molecular weight excluding hydrogens is 310 g/mol. The van der Waals surface area contributed by atoms with Crippen LogP contribution in [0.15, 0.2) is 24.5 Å². The number of rotatable bonds is 5. The number of hydrogen-bond acceptors (Lipinski definition) is 5. The van der Waals surface area contributed by atoms with Crippen LogP contribution >= 0.6 is 11.3 Å². The Morgan fingerprint density at radius 2 is 2.13 bits per heavy atom. The minimum atomic E-state index is 0.0386. The third kappa shape index (κ3) is 3.72. The summed E-state index contributed by atoms with van der Waals surface area (Å²) in [6, 6.07) is 4.17. The van der Waals surface area contributed by atoms with Crippen molar-refractivity contribution in [3.8, 4) is 5.13 Å². The van der Waals surface area contributed by atoms with E-state index in [1.165, 1.54) is 0 Å². The second-order valence-corrected chi connectivity index (χ2v) is 6.99. The molecule has 2 unspecified atom stereocenters. The van der Waals surface area contributed by atoms with Crippen LogP contribution in [0.2, 0.25) is 0 Å². The Kier molecular flexibility index (Phi) is 4.95. The Hall–Kier alpha value is -1.89. The highest BCUT2D eigenvalue weighted by atomic mass is 32.1. The van der Waals surface area contributed by atoms with E-state index in [0.717, 1.165) is 42.6 Å². The molecule has 124 valence electrons. The van der Waals surface area contributed by atoms with Gasteiger partial charge in [-0.15, -0.1) is 10.2 Å². The second-order valence-electron chi connectivity index (χ2n) is 6.06. The summed E-state index contributed by atoms with van der Waals surface area (Å²) in [5, 5.41) is 13.4. The molecule has 6 nitrogen and oxygen atoms in total. The lowest BCUT2D eigenvalue weighted by atomic mass is 9.97. The molecule has 2 aromatic heterocycles. The molecule has 3 rings (SSSR count). The van der Waals surface area contributed by atoms with E-state index in [-0.39, 0.29) is 17.9 Å². The predicted octanol–water partition coefficient (Wildman–Crippen LogP) is 2.46. The molecule has 2 aromatic rings. The van der Waals surface area contributed by atoms with E-state index in [2.05, 4.69) is 27.3 Å². The summed E-state index contributed by atoms with van der Waals surface area (Å²) in [6.45, 7) is 5.80. The van der Waals surface area contributed by atoms with E-state index in [1.807, 2.05) is 36.0 Å². The van der Waals surface area contributed by atoms with Crippen molar-refractivity contribution in [3.05, 3.63) is 24.5 Å². The maximum Gasteiger partial charge on any atom is 0.225 e.